The predicted molar refractivity (Wildman–Crippen MR) is 93.3 cm³/mol. The summed E-state index contributed by atoms with van der Waals surface area (Å²) >= 11 is 0. The van der Waals surface area contributed by atoms with Crippen molar-refractivity contribution in [1.29, 1.82) is 0 Å². The minimum absolute atomic E-state index is 0.0450. The molecule has 24 heavy (non-hydrogen) atoms. The molecule has 0 unspecified atom stereocenters. The lowest BCUT2D eigenvalue weighted by Gasteiger charge is -2.30. The molecule has 0 atom stereocenters. The summed E-state index contributed by atoms with van der Waals surface area (Å²) in [5.41, 5.74) is 1.03. The van der Waals surface area contributed by atoms with Gasteiger partial charge in [0, 0.05) is 19.0 Å². The van der Waals surface area contributed by atoms with E-state index in [1.807, 2.05) is 21.0 Å². The van der Waals surface area contributed by atoms with E-state index in [1.165, 1.54) is 9.21 Å². The van der Waals surface area contributed by atoms with Crippen LogP contribution in [0.2, 0.25) is 0 Å². The zero-order valence-electron chi connectivity index (χ0n) is 14.7. The van der Waals surface area contributed by atoms with Crippen LogP contribution in [-0.4, -0.2) is 58.9 Å². The number of rotatable bonds is 6. The fraction of sp³-hybridized carbons (Fsp3) is 0.588. The quantitative estimate of drug-likeness (QED) is 0.734. The Morgan fingerprint density at radius 1 is 1.21 bits per heavy atom. The molecule has 0 aromatic heterocycles. The van der Waals surface area contributed by atoms with Crippen LogP contribution in [0.4, 0.5) is 0 Å². The molecule has 1 aromatic carbocycles. The SMILES string of the molecule is Cc1ccc(S(=O)(=O)N2CCC(C(=O)NCC[NH+](C)C)CC2)cc1. The molecule has 134 valence electrons. The van der Waals surface area contributed by atoms with Crippen molar-refractivity contribution in [2.45, 2.75) is 24.7 Å². The number of hydrogen-bond acceptors (Lipinski definition) is 3. The number of nitrogens with one attached hydrogen (secondary N) is 2. The summed E-state index contributed by atoms with van der Waals surface area (Å²) in [6, 6.07) is 6.90. The van der Waals surface area contributed by atoms with Crippen LogP contribution >= 0.6 is 0 Å². The Kier molecular flexibility index (Phi) is 6.37. The van der Waals surface area contributed by atoms with Crippen LogP contribution in [0.3, 0.4) is 0 Å². The molecule has 1 aliphatic rings. The van der Waals surface area contributed by atoms with Gasteiger partial charge in [0.2, 0.25) is 15.9 Å². The summed E-state index contributed by atoms with van der Waals surface area (Å²) in [6.45, 7) is 4.26. The number of piperidine rings is 1. The van der Waals surface area contributed by atoms with Gasteiger partial charge in [0.1, 0.15) is 0 Å². The lowest BCUT2D eigenvalue weighted by Crippen LogP contribution is -3.06. The fourth-order valence-corrected chi connectivity index (χ4v) is 4.27. The van der Waals surface area contributed by atoms with Crippen molar-refractivity contribution in [2.75, 3.05) is 40.3 Å². The van der Waals surface area contributed by atoms with Gasteiger partial charge in [-0.3, -0.25) is 4.79 Å². The molecule has 2 N–H and O–H groups in total. The summed E-state index contributed by atoms with van der Waals surface area (Å²) < 4.78 is 26.8. The van der Waals surface area contributed by atoms with Crippen LogP contribution in [0.1, 0.15) is 18.4 Å². The van der Waals surface area contributed by atoms with Gasteiger partial charge < -0.3 is 10.2 Å². The number of quaternary nitrogens is 1. The van der Waals surface area contributed by atoms with E-state index in [9.17, 15) is 13.2 Å². The number of carbonyl (C=O) groups is 1. The van der Waals surface area contributed by atoms with Crippen LogP contribution in [0.15, 0.2) is 29.2 Å². The molecular formula is C17H28N3O3S+. The average molecular weight is 354 g/mol. The maximum Gasteiger partial charge on any atom is 0.243 e. The number of amides is 1. The summed E-state index contributed by atoms with van der Waals surface area (Å²) in [4.78, 5) is 13.8. The molecule has 1 aliphatic heterocycles. The highest BCUT2D eigenvalue weighted by molar-refractivity contribution is 7.89. The Morgan fingerprint density at radius 3 is 2.33 bits per heavy atom. The largest absolute Gasteiger partial charge is 0.350 e. The van der Waals surface area contributed by atoms with Crippen molar-refractivity contribution in [3.05, 3.63) is 29.8 Å². The van der Waals surface area contributed by atoms with Crippen molar-refractivity contribution in [3.8, 4) is 0 Å². The highest BCUT2D eigenvalue weighted by Gasteiger charge is 2.31. The van der Waals surface area contributed by atoms with E-state index >= 15 is 0 Å². The Bertz CT molecular complexity index is 648. The number of nitrogens with zero attached hydrogens (tertiary/aromatic N) is 1. The van der Waals surface area contributed by atoms with Crippen LogP contribution in [0.25, 0.3) is 0 Å². The van der Waals surface area contributed by atoms with E-state index in [2.05, 4.69) is 5.32 Å². The Morgan fingerprint density at radius 2 is 1.79 bits per heavy atom. The van der Waals surface area contributed by atoms with E-state index < -0.39 is 10.0 Å². The predicted octanol–water partition coefficient (Wildman–Crippen LogP) is -0.344. The molecule has 1 fully saturated rings. The minimum atomic E-state index is -3.46. The number of likely N-dealkylation sites (N-methyl/N-ethyl adjacent to an activating group) is 1. The molecule has 1 saturated heterocycles. The zero-order chi connectivity index (χ0) is 17.7. The van der Waals surface area contributed by atoms with Gasteiger partial charge in [-0.15, -0.1) is 0 Å². The molecule has 0 spiro atoms. The molecule has 6 nitrogen and oxygen atoms in total. The zero-order valence-corrected chi connectivity index (χ0v) is 15.5. The standard InChI is InChI=1S/C17H27N3O3S/c1-14-4-6-16(7-5-14)24(22,23)20-11-8-15(9-12-20)17(21)18-10-13-19(2)3/h4-7,15H,8-13H2,1-3H3,(H,18,21)/p+1. The third-order valence-corrected chi connectivity index (χ3v) is 6.32. The van der Waals surface area contributed by atoms with Crippen molar-refractivity contribution >= 4 is 15.9 Å². The third-order valence-electron chi connectivity index (χ3n) is 4.41. The smallest absolute Gasteiger partial charge is 0.243 e. The number of sulfonamides is 1. The first-order valence-electron chi connectivity index (χ1n) is 8.44. The highest BCUT2D eigenvalue weighted by Crippen LogP contribution is 2.24. The van der Waals surface area contributed by atoms with Gasteiger partial charge >= 0.3 is 0 Å². The maximum absolute atomic E-state index is 12.6. The molecule has 1 amide bonds. The van der Waals surface area contributed by atoms with Crippen molar-refractivity contribution in [1.82, 2.24) is 9.62 Å². The second kappa shape index (κ2) is 8.09. The van der Waals surface area contributed by atoms with Gasteiger partial charge in [0.15, 0.2) is 0 Å². The lowest BCUT2D eigenvalue weighted by atomic mass is 9.97. The van der Waals surface area contributed by atoms with Crippen LogP contribution in [0, 0.1) is 12.8 Å². The molecule has 1 aromatic rings. The topological polar surface area (TPSA) is 70.9 Å². The van der Waals surface area contributed by atoms with E-state index in [1.54, 1.807) is 24.3 Å². The number of hydrogen-bond donors (Lipinski definition) is 2. The first kappa shape index (κ1) is 18.9. The van der Waals surface area contributed by atoms with Crippen molar-refractivity contribution in [3.63, 3.8) is 0 Å². The molecular weight excluding hydrogens is 326 g/mol. The summed E-state index contributed by atoms with van der Waals surface area (Å²) in [7, 11) is 0.627. The number of benzene rings is 1. The van der Waals surface area contributed by atoms with Crippen LogP contribution in [-0.2, 0) is 14.8 Å². The molecule has 2 rings (SSSR count). The molecule has 7 heteroatoms. The van der Waals surface area contributed by atoms with Gasteiger partial charge in [0.05, 0.1) is 32.1 Å². The normalized spacial score (nSPS) is 17.2. The van der Waals surface area contributed by atoms with Crippen LogP contribution in [0.5, 0.6) is 0 Å². The highest BCUT2D eigenvalue weighted by atomic mass is 32.2. The summed E-state index contributed by atoms with van der Waals surface area (Å²) in [5.74, 6) is -0.0461. The number of aryl methyl sites for hydroxylation is 1. The molecule has 0 aliphatic carbocycles. The summed E-state index contributed by atoms with van der Waals surface area (Å²) in [6.07, 6.45) is 1.15. The second-order valence-corrected chi connectivity index (χ2v) is 8.68. The third kappa shape index (κ3) is 4.78. The first-order chi connectivity index (χ1) is 11.3. The Hall–Kier alpha value is -1.44. The number of carbonyl (C=O) groups excluding carboxylic acids is 1. The van der Waals surface area contributed by atoms with Gasteiger partial charge in [0.25, 0.3) is 0 Å². The second-order valence-electron chi connectivity index (χ2n) is 6.74. The van der Waals surface area contributed by atoms with Gasteiger partial charge in [-0.1, -0.05) is 17.7 Å². The average Bonchev–Trinajstić information content (AvgIpc) is 2.55. The van der Waals surface area contributed by atoms with Gasteiger partial charge in [-0.2, -0.15) is 4.31 Å². The fourth-order valence-electron chi connectivity index (χ4n) is 2.80. The van der Waals surface area contributed by atoms with Crippen molar-refractivity contribution in [2.24, 2.45) is 5.92 Å². The molecule has 0 bridgehead atoms. The Balaban J connectivity index is 1.90. The molecule has 0 radical (unpaired) electrons. The Labute approximate surface area is 144 Å². The van der Waals surface area contributed by atoms with E-state index in [0.29, 0.717) is 37.4 Å². The van der Waals surface area contributed by atoms with E-state index in [4.69, 9.17) is 0 Å². The first-order valence-corrected chi connectivity index (χ1v) is 9.88. The van der Waals surface area contributed by atoms with E-state index in [0.717, 1.165) is 12.1 Å². The minimum Gasteiger partial charge on any atom is -0.350 e. The van der Waals surface area contributed by atoms with Crippen molar-refractivity contribution < 1.29 is 18.1 Å². The monoisotopic (exact) mass is 354 g/mol. The molecule has 1 heterocycles. The maximum atomic E-state index is 12.6. The summed E-state index contributed by atoms with van der Waals surface area (Å²) in [5, 5.41) is 2.95. The molecule has 0 saturated carbocycles. The van der Waals surface area contributed by atoms with Gasteiger partial charge in [-0.25, -0.2) is 8.42 Å². The van der Waals surface area contributed by atoms with Gasteiger partial charge in [-0.05, 0) is 31.9 Å². The lowest BCUT2D eigenvalue weighted by molar-refractivity contribution is -0.856. The van der Waals surface area contributed by atoms with E-state index in [-0.39, 0.29) is 11.8 Å². The van der Waals surface area contributed by atoms with Crippen LogP contribution < -0.4 is 10.2 Å².